The van der Waals surface area contributed by atoms with Crippen molar-refractivity contribution in [2.75, 3.05) is 18.2 Å². The number of nitrogens with zero attached hydrogens (tertiary/aromatic N) is 1. The van der Waals surface area contributed by atoms with Crippen molar-refractivity contribution in [3.63, 3.8) is 0 Å². The van der Waals surface area contributed by atoms with Gasteiger partial charge in [-0.3, -0.25) is 4.79 Å². The minimum Gasteiger partial charge on any atom is -0.504 e. The smallest absolute Gasteiger partial charge is 0.267 e. The van der Waals surface area contributed by atoms with Crippen molar-refractivity contribution in [3.05, 3.63) is 28.8 Å². The van der Waals surface area contributed by atoms with E-state index in [0.29, 0.717) is 27.1 Å². The van der Waals surface area contributed by atoms with E-state index in [2.05, 4.69) is 10.3 Å². The lowest BCUT2D eigenvalue weighted by molar-refractivity contribution is 0.103. The van der Waals surface area contributed by atoms with Crippen molar-refractivity contribution >= 4 is 28.1 Å². The van der Waals surface area contributed by atoms with E-state index in [-0.39, 0.29) is 11.7 Å². The number of carbonyl (C=O) groups excluding carboxylic acids is 1. The Hall–Kier alpha value is -2.28. The van der Waals surface area contributed by atoms with Crippen LogP contribution in [0.3, 0.4) is 0 Å². The highest BCUT2D eigenvalue weighted by Gasteiger charge is 2.15. The number of benzene rings is 1. The molecule has 0 aliphatic rings. The molecule has 0 unspecified atom stereocenters. The van der Waals surface area contributed by atoms with E-state index < -0.39 is 0 Å². The highest BCUT2D eigenvalue weighted by molar-refractivity contribution is 7.17. The standard InChI is InChI=1S/C12H13N3O3S/c1-6-10(19-12(13)14-6)11(17)15-7-3-4-9(18-2)8(16)5-7/h3-5,16H,1-2H3,(H2,13,14)(H,15,17). The van der Waals surface area contributed by atoms with Crippen LogP contribution in [0.25, 0.3) is 0 Å². The molecule has 1 aromatic heterocycles. The number of methoxy groups -OCH3 is 1. The lowest BCUT2D eigenvalue weighted by Crippen LogP contribution is -2.11. The summed E-state index contributed by atoms with van der Waals surface area (Å²) in [5.74, 6) is -0.00618. The Morgan fingerprint density at radius 3 is 2.79 bits per heavy atom. The predicted octanol–water partition coefficient (Wildman–Crippen LogP) is 2.00. The molecule has 0 bridgehead atoms. The van der Waals surface area contributed by atoms with Gasteiger partial charge in [-0.1, -0.05) is 11.3 Å². The molecule has 0 saturated carbocycles. The molecule has 0 aliphatic heterocycles. The summed E-state index contributed by atoms with van der Waals surface area (Å²) in [5, 5.41) is 12.6. The van der Waals surface area contributed by atoms with Crippen LogP contribution in [-0.2, 0) is 0 Å². The van der Waals surface area contributed by atoms with Crippen LogP contribution in [0.4, 0.5) is 10.8 Å². The van der Waals surface area contributed by atoms with Crippen LogP contribution in [0.2, 0.25) is 0 Å². The van der Waals surface area contributed by atoms with Crippen LogP contribution in [0.15, 0.2) is 18.2 Å². The number of aryl methyl sites for hydroxylation is 1. The van der Waals surface area contributed by atoms with Crippen LogP contribution in [0, 0.1) is 6.92 Å². The fourth-order valence-electron chi connectivity index (χ4n) is 1.58. The molecule has 100 valence electrons. The Morgan fingerprint density at radius 2 is 2.26 bits per heavy atom. The molecule has 0 spiro atoms. The minimum absolute atomic E-state index is 0.0409. The molecule has 2 rings (SSSR count). The molecule has 0 saturated heterocycles. The van der Waals surface area contributed by atoms with Gasteiger partial charge >= 0.3 is 0 Å². The summed E-state index contributed by atoms with van der Waals surface area (Å²) >= 11 is 1.12. The third-order valence-electron chi connectivity index (χ3n) is 2.46. The molecule has 0 atom stereocenters. The van der Waals surface area contributed by atoms with Gasteiger partial charge in [-0.2, -0.15) is 0 Å². The number of thiazole rings is 1. The number of hydrogen-bond donors (Lipinski definition) is 3. The molecule has 1 heterocycles. The first-order chi connectivity index (χ1) is 9.01. The SMILES string of the molecule is COc1ccc(NC(=O)c2sc(N)nc2C)cc1O. The minimum atomic E-state index is -0.309. The van der Waals surface area contributed by atoms with Gasteiger partial charge in [0.05, 0.1) is 12.8 Å². The maximum absolute atomic E-state index is 12.0. The molecule has 0 fully saturated rings. The van der Waals surface area contributed by atoms with E-state index in [1.807, 2.05) is 0 Å². The fraction of sp³-hybridized carbons (Fsp3) is 0.167. The Morgan fingerprint density at radius 1 is 1.53 bits per heavy atom. The van der Waals surface area contributed by atoms with Crippen molar-refractivity contribution in [2.45, 2.75) is 6.92 Å². The van der Waals surface area contributed by atoms with E-state index in [0.717, 1.165) is 11.3 Å². The second-order valence-electron chi connectivity index (χ2n) is 3.81. The summed E-state index contributed by atoms with van der Waals surface area (Å²) in [5.41, 5.74) is 6.59. The third kappa shape index (κ3) is 2.76. The molecule has 1 aromatic carbocycles. The topological polar surface area (TPSA) is 97.5 Å². The van der Waals surface area contributed by atoms with Gasteiger partial charge in [0.2, 0.25) is 0 Å². The second-order valence-corrected chi connectivity index (χ2v) is 4.84. The number of nitrogens with one attached hydrogen (secondary N) is 1. The predicted molar refractivity (Wildman–Crippen MR) is 73.9 cm³/mol. The zero-order valence-electron chi connectivity index (χ0n) is 10.4. The van der Waals surface area contributed by atoms with E-state index in [9.17, 15) is 9.90 Å². The lowest BCUT2D eigenvalue weighted by atomic mass is 10.2. The zero-order valence-corrected chi connectivity index (χ0v) is 11.2. The molecular formula is C12H13N3O3S. The number of amides is 1. The van der Waals surface area contributed by atoms with Gasteiger partial charge in [0.1, 0.15) is 4.88 Å². The number of ether oxygens (including phenoxy) is 1. The molecule has 2 aromatic rings. The van der Waals surface area contributed by atoms with E-state index in [1.54, 1.807) is 19.1 Å². The molecular weight excluding hydrogens is 266 g/mol. The van der Waals surface area contributed by atoms with Crippen molar-refractivity contribution in [2.24, 2.45) is 0 Å². The first-order valence-electron chi connectivity index (χ1n) is 5.42. The van der Waals surface area contributed by atoms with Gasteiger partial charge in [-0.05, 0) is 19.1 Å². The average molecular weight is 279 g/mol. The van der Waals surface area contributed by atoms with Crippen LogP contribution < -0.4 is 15.8 Å². The van der Waals surface area contributed by atoms with Crippen LogP contribution in [-0.4, -0.2) is 23.1 Å². The van der Waals surface area contributed by atoms with Gasteiger partial charge in [0.15, 0.2) is 16.6 Å². The van der Waals surface area contributed by atoms with Gasteiger partial charge in [-0.15, -0.1) is 0 Å². The summed E-state index contributed by atoms with van der Waals surface area (Å²) in [6.07, 6.45) is 0. The lowest BCUT2D eigenvalue weighted by Gasteiger charge is -2.07. The molecule has 7 heteroatoms. The number of aromatic hydroxyl groups is 1. The number of nitrogen functional groups attached to an aromatic ring is 1. The molecule has 6 nitrogen and oxygen atoms in total. The number of nitrogens with two attached hydrogens (primary N) is 1. The number of aromatic nitrogens is 1. The second kappa shape index (κ2) is 5.15. The molecule has 4 N–H and O–H groups in total. The molecule has 19 heavy (non-hydrogen) atoms. The number of anilines is 2. The Balaban J connectivity index is 2.19. The first kappa shape index (κ1) is 13.2. The van der Waals surface area contributed by atoms with E-state index in [4.69, 9.17) is 10.5 Å². The Bertz CT molecular complexity index is 625. The number of phenols is 1. The average Bonchev–Trinajstić information content (AvgIpc) is 2.69. The van der Waals surface area contributed by atoms with Gasteiger partial charge in [0, 0.05) is 11.8 Å². The van der Waals surface area contributed by atoms with Crippen molar-refractivity contribution in [1.29, 1.82) is 0 Å². The maximum Gasteiger partial charge on any atom is 0.267 e. The quantitative estimate of drug-likeness (QED) is 0.798. The summed E-state index contributed by atoms with van der Waals surface area (Å²) in [4.78, 5) is 16.4. The van der Waals surface area contributed by atoms with Crippen LogP contribution in [0.1, 0.15) is 15.4 Å². The Labute approximate surface area is 113 Å². The maximum atomic E-state index is 12.0. The third-order valence-corrected chi connectivity index (χ3v) is 3.44. The molecule has 0 aliphatic carbocycles. The van der Waals surface area contributed by atoms with E-state index >= 15 is 0 Å². The highest BCUT2D eigenvalue weighted by atomic mass is 32.1. The Kier molecular flexibility index (Phi) is 3.57. The monoisotopic (exact) mass is 279 g/mol. The summed E-state index contributed by atoms with van der Waals surface area (Å²) < 4.78 is 4.92. The number of hydrogen-bond acceptors (Lipinski definition) is 6. The zero-order chi connectivity index (χ0) is 14.0. The number of carbonyl (C=O) groups is 1. The number of rotatable bonds is 3. The molecule has 0 radical (unpaired) electrons. The summed E-state index contributed by atoms with van der Waals surface area (Å²) in [7, 11) is 1.46. The van der Waals surface area contributed by atoms with Crippen molar-refractivity contribution in [1.82, 2.24) is 4.98 Å². The van der Waals surface area contributed by atoms with Crippen LogP contribution in [0.5, 0.6) is 11.5 Å². The highest BCUT2D eigenvalue weighted by Crippen LogP contribution is 2.29. The normalized spacial score (nSPS) is 10.2. The molecule has 1 amide bonds. The van der Waals surface area contributed by atoms with Gasteiger partial charge in [-0.25, -0.2) is 4.98 Å². The largest absolute Gasteiger partial charge is 0.504 e. The van der Waals surface area contributed by atoms with Crippen molar-refractivity contribution < 1.29 is 14.6 Å². The van der Waals surface area contributed by atoms with Gasteiger partial charge < -0.3 is 20.9 Å². The number of phenolic OH excluding ortho intramolecular Hbond substituents is 1. The van der Waals surface area contributed by atoms with Crippen molar-refractivity contribution in [3.8, 4) is 11.5 Å². The van der Waals surface area contributed by atoms with E-state index in [1.165, 1.54) is 13.2 Å². The van der Waals surface area contributed by atoms with Gasteiger partial charge in [0.25, 0.3) is 5.91 Å². The summed E-state index contributed by atoms with van der Waals surface area (Å²) in [6, 6.07) is 4.62. The first-order valence-corrected chi connectivity index (χ1v) is 6.24. The fourth-order valence-corrected chi connectivity index (χ4v) is 2.31. The summed E-state index contributed by atoms with van der Waals surface area (Å²) in [6.45, 7) is 1.72. The van der Waals surface area contributed by atoms with Crippen LogP contribution >= 0.6 is 11.3 Å².